The van der Waals surface area contributed by atoms with Crippen molar-refractivity contribution in [1.29, 1.82) is 0 Å². The summed E-state index contributed by atoms with van der Waals surface area (Å²) in [4.78, 5) is 26.4. The highest BCUT2D eigenvalue weighted by atomic mass is 16.6. The standard InChI is InChI=1S/C27H23N3O4.C26H21N3O4/c1-26-27(13-31,33-2)11-19(34-26)29-17-9-5-3-7-14(17)21-22-16(12-28-25(22)32)20-15-8-4-6-10-18(15)30(26)24(20)23(21)29;1-25-26(32,12-30)10-18(33-25)28-16-8-4-2-6-13(16)20-21-15(11-27-24(21)31)19-14-7-3-5-9-17(14)29(25)23(19)22(20)28/h3-10,19,31H,11-13H2,1-2H3,(H,28,32);2-9,18,30,32H,10-12H2,1H3,(H,27,31)/t19?,26-,27-;18?,25-,26-/m11/s1. The second-order valence-corrected chi connectivity index (χ2v) is 19.5. The molecule has 0 spiro atoms. The van der Waals surface area contributed by atoms with Crippen molar-refractivity contribution < 1.29 is 39.1 Å². The van der Waals surface area contributed by atoms with Gasteiger partial charge in [0.1, 0.15) is 23.7 Å². The quantitative estimate of drug-likeness (QED) is 0.121. The molecule has 2 unspecified atom stereocenters. The molecule has 6 aromatic carbocycles. The van der Waals surface area contributed by atoms with Crippen LogP contribution in [0, 0.1) is 0 Å². The number of para-hydroxylation sites is 4. The van der Waals surface area contributed by atoms with Crippen molar-refractivity contribution in [2.24, 2.45) is 0 Å². The van der Waals surface area contributed by atoms with Gasteiger partial charge in [-0.25, -0.2) is 0 Å². The number of aromatic nitrogens is 4. The Balaban J connectivity index is 0.000000122. The van der Waals surface area contributed by atoms with Crippen LogP contribution in [-0.4, -0.2) is 76.9 Å². The molecule has 16 rings (SSSR count). The zero-order valence-corrected chi connectivity index (χ0v) is 36.8. The molecule has 6 aliphatic rings. The van der Waals surface area contributed by atoms with Crippen molar-refractivity contribution in [3.05, 3.63) is 119 Å². The maximum Gasteiger partial charge on any atom is 0.252 e. The number of ether oxygens (including phenoxy) is 3. The minimum atomic E-state index is -1.48. The lowest BCUT2D eigenvalue weighted by atomic mass is 9.89. The number of carbonyl (C=O) groups is 2. The molecule has 2 saturated heterocycles. The molecule has 0 saturated carbocycles. The molecule has 5 N–H and O–H groups in total. The lowest BCUT2D eigenvalue weighted by Gasteiger charge is -2.41. The third-order valence-corrected chi connectivity index (χ3v) is 16.8. The number of benzene rings is 6. The van der Waals surface area contributed by atoms with Crippen LogP contribution in [0.15, 0.2) is 97.1 Å². The Morgan fingerprint density at radius 1 is 0.582 bits per heavy atom. The van der Waals surface area contributed by atoms with E-state index in [9.17, 15) is 24.9 Å². The molecule has 14 heteroatoms. The van der Waals surface area contributed by atoms with E-state index < -0.39 is 35.5 Å². The normalized spacial score (nSPS) is 27.6. The summed E-state index contributed by atoms with van der Waals surface area (Å²) in [5, 5.41) is 47.0. The van der Waals surface area contributed by atoms with Gasteiger partial charge in [-0.05, 0) is 49.2 Å². The van der Waals surface area contributed by atoms with Crippen LogP contribution >= 0.6 is 0 Å². The van der Waals surface area contributed by atoms with Crippen molar-refractivity contribution in [3.63, 3.8) is 0 Å². The SMILES string of the molecule is CO[C@@]1(CO)CC2O[C@@]1(C)n1c3ccccc3c3c4c(c5c6ccccc6n2c5c31)C(=O)NC4.C[C@@]12OC(C[C@@]1(O)CO)n1c3ccccc3c3c4c(c5c6ccccc6n2c5c31)CNC4=O. The van der Waals surface area contributed by atoms with Gasteiger partial charge in [-0.3, -0.25) is 9.59 Å². The Kier molecular flexibility index (Phi) is 6.99. The number of rotatable bonds is 3. The number of aliphatic hydroxyl groups excluding tert-OH is 2. The Morgan fingerprint density at radius 2 is 1.00 bits per heavy atom. The average molecular weight is 893 g/mol. The fraction of sp³-hybridized carbons (Fsp3) is 0.283. The Hall–Kier alpha value is -6.78. The molecule has 10 aromatic rings. The van der Waals surface area contributed by atoms with Gasteiger partial charge >= 0.3 is 0 Å². The molecule has 6 atom stereocenters. The highest BCUT2D eigenvalue weighted by Gasteiger charge is 2.63. The topological polar surface area (TPSA) is 166 Å². The van der Waals surface area contributed by atoms with E-state index in [1.54, 1.807) is 7.11 Å². The van der Waals surface area contributed by atoms with Gasteiger partial charge in [0.05, 0.1) is 68.5 Å². The predicted molar refractivity (Wildman–Crippen MR) is 253 cm³/mol. The molecular formula is C53H44N6O8. The van der Waals surface area contributed by atoms with Crippen LogP contribution in [0.1, 0.15) is 71.0 Å². The summed E-state index contributed by atoms with van der Waals surface area (Å²) in [6.45, 7) is 4.25. The number of hydrogen-bond donors (Lipinski definition) is 5. The van der Waals surface area contributed by atoms with Crippen molar-refractivity contribution in [1.82, 2.24) is 28.9 Å². The van der Waals surface area contributed by atoms with Crippen LogP contribution in [-0.2, 0) is 38.8 Å². The molecule has 2 fully saturated rings. The Morgan fingerprint density at radius 3 is 1.46 bits per heavy atom. The molecule has 4 bridgehead atoms. The first-order valence-electron chi connectivity index (χ1n) is 23.0. The van der Waals surface area contributed by atoms with E-state index in [-0.39, 0.29) is 31.1 Å². The number of methoxy groups -OCH3 is 1. The average Bonchev–Trinajstić information content (AvgIpc) is 4.22. The highest BCUT2D eigenvalue weighted by Crippen LogP contribution is 2.60. The van der Waals surface area contributed by atoms with Crippen molar-refractivity contribution >= 4 is 99.0 Å². The largest absolute Gasteiger partial charge is 0.393 e. The number of hydrogen-bond acceptors (Lipinski definition) is 8. The summed E-state index contributed by atoms with van der Waals surface area (Å²) in [6, 6.07) is 32.6. The zero-order valence-electron chi connectivity index (χ0n) is 36.8. The Bertz CT molecular complexity index is 3990. The number of nitrogens with one attached hydrogen (secondary N) is 2. The van der Waals surface area contributed by atoms with Crippen molar-refractivity contribution in [3.8, 4) is 0 Å². The van der Waals surface area contributed by atoms with Crippen molar-refractivity contribution in [2.75, 3.05) is 20.3 Å². The van der Waals surface area contributed by atoms with E-state index in [1.807, 2.05) is 80.6 Å². The summed E-state index contributed by atoms with van der Waals surface area (Å²) in [6.07, 6.45) is -0.117. The molecule has 10 heterocycles. The number of aliphatic hydroxyl groups is 3. The second-order valence-electron chi connectivity index (χ2n) is 19.5. The molecule has 334 valence electrons. The van der Waals surface area contributed by atoms with E-state index in [0.717, 1.165) is 109 Å². The molecule has 0 aliphatic carbocycles. The number of carbonyl (C=O) groups excluding carboxylic acids is 2. The van der Waals surface area contributed by atoms with Crippen LogP contribution in [0.3, 0.4) is 0 Å². The molecule has 67 heavy (non-hydrogen) atoms. The van der Waals surface area contributed by atoms with E-state index in [2.05, 4.69) is 59.2 Å². The fourth-order valence-corrected chi connectivity index (χ4v) is 13.8. The summed E-state index contributed by atoms with van der Waals surface area (Å²) in [5.41, 5.74) is 6.76. The lowest BCUT2D eigenvalue weighted by molar-refractivity contribution is -0.201. The highest BCUT2D eigenvalue weighted by molar-refractivity contribution is 6.32. The third kappa shape index (κ3) is 4.07. The van der Waals surface area contributed by atoms with E-state index in [1.165, 1.54) is 0 Å². The summed E-state index contributed by atoms with van der Waals surface area (Å²) in [7, 11) is 1.65. The van der Waals surface area contributed by atoms with E-state index in [4.69, 9.17) is 14.2 Å². The van der Waals surface area contributed by atoms with Crippen LogP contribution < -0.4 is 10.6 Å². The maximum atomic E-state index is 13.2. The third-order valence-electron chi connectivity index (χ3n) is 16.8. The number of nitrogens with zero attached hydrogens (tertiary/aromatic N) is 4. The van der Waals surface area contributed by atoms with Gasteiger partial charge in [0.25, 0.3) is 11.8 Å². The lowest BCUT2D eigenvalue weighted by Crippen LogP contribution is -2.54. The van der Waals surface area contributed by atoms with Gasteiger partial charge in [0.2, 0.25) is 0 Å². The number of amides is 2. The van der Waals surface area contributed by atoms with Crippen LogP contribution in [0.4, 0.5) is 0 Å². The first-order chi connectivity index (χ1) is 32.5. The molecule has 6 aliphatic heterocycles. The van der Waals surface area contributed by atoms with Gasteiger partial charge < -0.3 is 58.4 Å². The number of fused-ring (bicyclic) bond motifs is 26. The van der Waals surface area contributed by atoms with Crippen LogP contribution in [0.2, 0.25) is 0 Å². The first kappa shape index (κ1) is 38.3. The van der Waals surface area contributed by atoms with Gasteiger partial charge in [-0.15, -0.1) is 0 Å². The maximum absolute atomic E-state index is 13.2. The van der Waals surface area contributed by atoms with E-state index in [0.29, 0.717) is 19.5 Å². The predicted octanol–water partition coefficient (Wildman–Crippen LogP) is 7.60. The summed E-state index contributed by atoms with van der Waals surface area (Å²) >= 11 is 0. The van der Waals surface area contributed by atoms with Crippen molar-refractivity contribution in [2.45, 2.75) is 74.9 Å². The molecule has 4 aromatic heterocycles. The second kappa shape index (κ2) is 12.2. The Labute approximate surface area is 380 Å². The van der Waals surface area contributed by atoms with Gasteiger partial charge in [-0.1, -0.05) is 72.8 Å². The fourth-order valence-electron chi connectivity index (χ4n) is 13.8. The molecular weight excluding hydrogens is 849 g/mol. The smallest absolute Gasteiger partial charge is 0.252 e. The zero-order chi connectivity index (χ0) is 45.3. The minimum Gasteiger partial charge on any atom is -0.393 e. The summed E-state index contributed by atoms with van der Waals surface area (Å²) < 4.78 is 28.4. The molecule has 14 nitrogen and oxygen atoms in total. The van der Waals surface area contributed by atoms with Crippen LogP contribution in [0.25, 0.3) is 87.2 Å². The van der Waals surface area contributed by atoms with Gasteiger partial charge in [0.15, 0.2) is 11.4 Å². The summed E-state index contributed by atoms with van der Waals surface area (Å²) in [5.74, 6) is -0.0835. The molecule has 2 amide bonds. The first-order valence-corrected chi connectivity index (χ1v) is 23.0. The molecule has 0 radical (unpaired) electrons. The monoisotopic (exact) mass is 892 g/mol. The van der Waals surface area contributed by atoms with Crippen LogP contribution in [0.5, 0.6) is 0 Å². The van der Waals surface area contributed by atoms with Gasteiger partial charge in [0, 0.05) is 76.1 Å². The van der Waals surface area contributed by atoms with E-state index >= 15 is 0 Å². The minimum absolute atomic E-state index is 0.0280. The van der Waals surface area contributed by atoms with Gasteiger partial charge in [-0.2, -0.15) is 0 Å².